The Balaban J connectivity index is 0.958. The van der Waals surface area contributed by atoms with Gasteiger partial charge < -0.3 is 0 Å². The molecule has 9 aromatic carbocycles. The van der Waals surface area contributed by atoms with Crippen LogP contribution < -0.4 is 0 Å². The molecule has 0 atom stereocenters. The van der Waals surface area contributed by atoms with Crippen LogP contribution in [0.4, 0.5) is 0 Å². The fourth-order valence-electron chi connectivity index (χ4n) is 8.44. The summed E-state index contributed by atoms with van der Waals surface area (Å²) in [5.41, 5.74) is 14.8. The predicted molar refractivity (Wildman–Crippen MR) is 250 cm³/mol. The van der Waals surface area contributed by atoms with Crippen LogP contribution in [0.2, 0.25) is 0 Å². The molecule has 11 aromatic rings. The highest BCUT2D eigenvalue weighted by molar-refractivity contribution is 6.24. The molecule has 60 heavy (non-hydrogen) atoms. The monoisotopic (exact) mass is 763 g/mol. The summed E-state index contributed by atoms with van der Waals surface area (Å²) in [4.78, 5) is 15.6. The molecule has 3 nitrogen and oxygen atoms in total. The molecule has 0 aliphatic carbocycles. The first kappa shape index (κ1) is 35.2. The van der Waals surface area contributed by atoms with E-state index in [0.717, 1.165) is 83.4 Å². The highest BCUT2D eigenvalue weighted by Crippen LogP contribution is 2.40. The second-order valence-electron chi connectivity index (χ2n) is 15.2. The van der Waals surface area contributed by atoms with Gasteiger partial charge in [-0.1, -0.05) is 218 Å². The van der Waals surface area contributed by atoms with Gasteiger partial charge in [-0.2, -0.15) is 0 Å². The predicted octanol–water partition coefficient (Wildman–Crippen LogP) is 15.0. The maximum absolute atomic E-state index is 5.47. The fourth-order valence-corrected chi connectivity index (χ4v) is 8.44. The topological polar surface area (TPSA) is 38.7 Å². The number of benzene rings is 9. The summed E-state index contributed by atoms with van der Waals surface area (Å²) in [6.45, 7) is 0. The lowest BCUT2D eigenvalue weighted by atomic mass is 9.92. The molecule has 0 N–H and O–H groups in total. The minimum Gasteiger partial charge on any atom is -0.246 e. The van der Waals surface area contributed by atoms with Gasteiger partial charge in [0, 0.05) is 44.0 Å². The molecule has 0 bridgehead atoms. The summed E-state index contributed by atoms with van der Waals surface area (Å²) in [6.07, 6.45) is 0. The third kappa shape index (κ3) is 6.49. The van der Waals surface area contributed by atoms with Crippen LogP contribution in [0.5, 0.6) is 0 Å². The van der Waals surface area contributed by atoms with Gasteiger partial charge in [-0.05, 0) is 44.7 Å². The summed E-state index contributed by atoms with van der Waals surface area (Å²) in [7, 11) is 0. The maximum Gasteiger partial charge on any atom is 0.160 e. The van der Waals surface area contributed by atoms with Crippen LogP contribution in [-0.4, -0.2) is 15.0 Å². The Morgan fingerprint density at radius 2 is 0.733 bits per heavy atom. The summed E-state index contributed by atoms with van der Waals surface area (Å²) < 4.78 is 0. The SMILES string of the molecule is c1ccc(-c2ccc(-c3nc(-c4ccccc4)cc(-c4ccc(-c5ccc(-c6nc7c(-c8ccccc8)cccc7c7c6ccc6ccccc67)cc5)cc4)n3)cc2)cc1. The van der Waals surface area contributed by atoms with Gasteiger partial charge in [-0.25, -0.2) is 15.0 Å². The van der Waals surface area contributed by atoms with Crippen molar-refractivity contribution in [2.45, 2.75) is 0 Å². The lowest BCUT2D eigenvalue weighted by Gasteiger charge is -2.15. The van der Waals surface area contributed by atoms with Crippen molar-refractivity contribution in [3.05, 3.63) is 224 Å². The van der Waals surface area contributed by atoms with E-state index in [1.165, 1.54) is 21.7 Å². The largest absolute Gasteiger partial charge is 0.246 e. The molecule has 280 valence electrons. The van der Waals surface area contributed by atoms with Gasteiger partial charge >= 0.3 is 0 Å². The Morgan fingerprint density at radius 1 is 0.267 bits per heavy atom. The van der Waals surface area contributed by atoms with Crippen molar-refractivity contribution in [1.29, 1.82) is 0 Å². The lowest BCUT2D eigenvalue weighted by molar-refractivity contribution is 1.18. The maximum atomic E-state index is 5.47. The Bertz CT molecular complexity index is 3310. The van der Waals surface area contributed by atoms with Gasteiger partial charge in [0.15, 0.2) is 5.82 Å². The second-order valence-corrected chi connectivity index (χ2v) is 15.2. The zero-order valence-corrected chi connectivity index (χ0v) is 32.7. The van der Waals surface area contributed by atoms with E-state index in [1.54, 1.807) is 0 Å². The number of hydrogen-bond acceptors (Lipinski definition) is 3. The first-order chi connectivity index (χ1) is 29.7. The van der Waals surface area contributed by atoms with Crippen LogP contribution >= 0.6 is 0 Å². The minimum absolute atomic E-state index is 0.698. The van der Waals surface area contributed by atoms with Crippen molar-refractivity contribution in [2.24, 2.45) is 0 Å². The van der Waals surface area contributed by atoms with Crippen molar-refractivity contribution in [1.82, 2.24) is 15.0 Å². The van der Waals surface area contributed by atoms with E-state index >= 15 is 0 Å². The van der Waals surface area contributed by atoms with E-state index < -0.39 is 0 Å². The van der Waals surface area contributed by atoms with Gasteiger partial charge in [0.05, 0.1) is 22.6 Å². The molecule has 0 amide bonds. The molecular formula is C57H37N3. The number of aromatic nitrogens is 3. The van der Waals surface area contributed by atoms with E-state index in [4.69, 9.17) is 15.0 Å². The number of pyridine rings is 1. The fraction of sp³-hybridized carbons (Fsp3) is 0. The highest BCUT2D eigenvalue weighted by atomic mass is 14.9. The van der Waals surface area contributed by atoms with Crippen LogP contribution in [0.15, 0.2) is 224 Å². The molecule has 0 fully saturated rings. The summed E-state index contributed by atoms with van der Waals surface area (Å²) in [6, 6.07) is 79.2. The van der Waals surface area contributed by atoms with Gasteiger partial charge in [-0.15, -0.1) is 0 Å². The van der Waals surface area contributed by atoms with E-state index in [1.807, 2.05) is 24.3 Å². The average Bonchev–Trinajstić information content (AvgIpc) is 3.34. The Labute approximate surface area is 349 Å². The molecule has 3 heteroatoms. The van der Waals surface area contributed by atoms with E-state index in [9.17, 15) is 0 Å². The van der Waals surface area contributed by atoms with Crippen LogP contribution in [0.1, 0.15) is 0 Å². The molecule has 0 radical (unpaired) electrons. The van der Waals surface area contributed by atoms with Crippen molar-refractivity contribution in [3.63, 3.8) is 0 Å². The number of fused-ring (bicyclic) bond motifs is 5. The Morgan fingerprint density at radius 3 is 1.37 bits per heavy atom. The van der Waals surface area contributed by atoms with Crippen molar-refractivity contribution >= 4 is 32.4 Å². The Kier molecular flexibility index (Phi) is 8.83. The standard InChI is InChI=1S/C57H37N3/c1-4-13-38(14-5-1)39-27-33-47(34-28-39)57-58-52(44-18-8-3-9-19-44)37-53(59-57)45-29-23-40(24-30-45)41-25-31-46(32-26-41)55-51-36-35-43-17-10-11-20-48(43)54(51)50-22-12-21-49(56(50)60-55)42-15-6-2-7-16-42/h1-37H. The smallest absolute Gasteiger partial charge is 0.160 e. The van der Waals surface area contributed by atoms with Gasteiger partial charge in [0.1, 0.15) is 0 Å². The normalized spacial score (nSPS) is 11.3. The van der Waals surface area contributed by atoms with Gasteiger partial charge in [0.25, 0.3) is 0 Å². The van der Waals surface area contributed by atoms with Crippen LogP contribution in [-0.2, 0) is 0 Å². The molecule has 2 aromatic heterocycles. The summed E-state index contributed by atoms with van der Waals surface area (Å²) >= 11 is 0. The highest BCUT2D eigenvalue weighted by Gasteiger charge is 2.17. The molecule has 0 saturated carbocycles. The van der Waals surface area contributed by atoms with Crippen molar-refractivity contribution < 1.29 is 0 Å². The molecule has 0 aliphatic rings. The minimum atomic E-state index is 0.698. The quantitative estimate of drug-likeness (QED) is 0.152. The lowest BCUT2D eigenvalue weighted by Crippen LogP contribution is -1.96. The molecule has 0 spiro atoms. The van der Waals surface area contributed by atoms with E-state index in [-0.39, 0.29) is 0 Å². The molecule has 0 aliphatic heterocycles. The van der Waals surface area contributed by atoms with Crippen molar-refractivity contribution in [3.8, 4) is 78.5 Å². The number of rotatable bonds is 7. The van der Waals surface area contributed by atoms with Crippen LogP contribution in [0.3, 0.4) is 0 Å². The van der Waals surface area contributed by atoms with E-state index in [2.05, 4.69) is 200 Å². The molecule has 11 rings (SSSR count). The molecular weight excluding hydrogens is 727 g/mol. The van der Waals surface area contributed by atoms with Gasteiger partial charge in [0.2, 0.25) is 0 Å². The Hall–Kier alpha value is -8.01. The summed E-state index contributed by atoms with van der Waals surface area (Å²) in [5, 5.41) is 6.00. The average molecular weight is 764 g/mol. The van der Waals surface area contributed by atoms with Crippen LogP contribution in [0, 0.1) is 0 Å². The first-order valence-electron chi connectivity index (χ1n) is 20.3. The number of nitrogens with zero attached hydrogens (tertiary/aromatic N) is 3. The third-order valence-electron chi connectivity index (χ3n) is 11.5. The molecule has 0 unspecified atom stereocenters. The van der Waals surface area contributed by atoms with E-state index in [0.29, 0.717) is 5.82 Å². The number of para-hydroxylation sites is 1. The van der Waals surface area contributed by atoms with Crippen molar-refractivity contribution in [2.75, 3.05) is 0 Å². The van der Waals surface area contributed by atoms with Crippen LogP contribution in [0.25, 0.3) is 111 Å². The summed E-state index contributed by atoms with van der Waals surface area (Å²) in [5.74, 6) is 0.698. The third-order valence-corrected chi connectivity index (χ3v) is 11.5. The second kappa shape index (κ2) is 15.1. The number of hydrogen-bond donors (Lipinski definition) is 0. The molecule has 0 saturated heterocycles. The first-order valence-corrected chi connectivity index (χ1v) is 20.3. The zero-order valence-electron chi connectivity index (χ0n) is 32.7. The van der Waals surface area contributed by atoms with Gasteiger partial charge in [-0.3, -0.25) is 0 Å². The molecule has 2 heterocycles. The zero-order chi connectivity index (χ0) is 39.8.